The summed E-state index contributed by atoms with van der Waals surface area (Å²) in [6, 6.07) is 8.87. The molecule has 0 aliphatic rings. The maximum Gasteiger partial charge on any atom is 0.351 e. The quantitative estimate of drug-likeness (QED) is 0.571. The number of para-hydroxylation sites is 1. The van der Waals surface area contributed by atoms with Crippen LogP contribution in [-0.2, 0) is 11.3 Å². The van der Waals surface area contributed by atoms with Crippen LogP contribution in [0.3, 0.4) is 0 Å². The minimum atomic E-state index is -0.344. The highest BCUT2D eigenvalue weighted by atomic mass is 32.1. The number of rotatable bonds is 5. The first kappa shape index (κ1) is 17.2. The molecule has 0 bridgehead atoms. The Kier molecular flexibility index (Phi) is 4.36. The standard InChI is InChI=1S/C18H18N6O2S/c1-12(15-10-22-8-9-27-17(22)20-15)19-16(25)11-23-13(2)21-24(18(23)26)14-6-4-3-5-7-14/h3-10,12H,11H2,1-2H3,(H,19,25)/t12-/m1/s1. The van der Waals surface area contributed by atoms with Crippen LogP contribution in [0.15, 0.2) is 52.9 Å². The first-order chi connectivity index (χ1) is 13.0. The number of carbonyl (C=O) groups is 1. The Labute approximate surface area is 158 Å². The van der Waals surface area contributed by atoms with E-state index in [2.05, 4.69) is 15.4 Å². The summed E-state index contributed by atoms with van der Waals surface area (Å²) in [5.41, 5.74) is 1.10. The van der Waals surface area contributed by atoms with E-state index in [0.717, 1.165) is 10.7 Å². The smallest absolute Gasteiger partial charge is 0.346 e. The van der Waals surface area contributed by atoms with Crippen LogP contribution in [-0.4, -0.2) is 29.6 Å². The molecular formula is C18H18N6O2S. The summed E-state index contributed by atoms with van der Waals surface area (Å²) in [7, 11) is 0. The third-order valence-corrected chi connectivity index (χ3v) is 5.05. The topological polar surface area (TPSA) is 86.2 Å². The van der Waals surface area contributed by atoms with Crippen molar-refractivity contribution in [1.29, 1.82) is 0 Å². The highest BCUT2D eigenvalue weighted by Crippen LogP contribution is 2.16. The second-order valence-corrected chi connectivity index (χ2v) is 7.08. The number of fused-ring (bicyclic) bond motifs is 1. The molecule has 0 aliphatic heterocycles. The van der Waals surface area contributed by atoms with Gasteiger partial charge >= 0.3 is 5.69 Å². The van der Waals surface area contributed by atoms with Gasteiger partial charge in [0.05, 0.1) is 17.4 Å². The number of amides is 1. The number of hydrogen-bond acceptors (Lipinski definition) is 5. The van der Waals surface area contributed by atoms with Gasteiger partial charge in [0.15, 0.2) is 4.96 Å². The molecule has 4 aromatic rings. The van der Waals surface area contributed by atoms with E-state index >= 15 is 0 Å². The monoisotopic (exact) mass is 382 g/mol. The van der Waals surface area contributed by atoms with Gasteiger partial charge in [0.1, 0.15) is 12.4 Å². The lowest BCUT2D eigenvalue weighted by Crippen LogP contribution is -2.34. The average molecular weight is 382 g/mol. The van der Waals surface area contributed by atoms with E-state index in [9.17, 15) is 9.59 Å². The largest absolute Gasteiger partial charge is 0.351 e. The van der Waals surface area contributed by atoms with Gasteiger partial charge < -0.3 is 5.32 Å². The second-order valence-electron chi connectivity index (χ2n) is 6.21. The Morgan fingerprint density at radius 2 is 2.07 bits per heavy atom. The molecule has 3 heterocycles. The minimum absolute atomic E-state index is 0.0932. The van der Waals surface area contributed by atoms with Crippen LogP contribution in [0.1, 0.15) is 24.5 Å². The number of nitrogens with zero attached hydrogens (tertiary/aromatic N) is 5. The molecule has 0 aliphatic carbocycles. The van der Waals surface area contributed by atoms with Crippen molar-refractivity contribution < 1.29 is 4.79 Å². The van der Waals surface area contributed by atoms with Gasteiger partial charge in [-0.15, -0.1) is 11.3 Å². The van der Waals surface area contributed by atoms with Gasteiger partial charge in [0.2, 0.25) is 5.91 Å². The molecule has 0 saturated heterocycles. The number of benzene rings is 1. The zero-order chi connectivity index (χ0) is 19.0. The number of aromatic nitrogens is 5. The average Bonchev–Trinajstić information content (AvgIpc) is 3.32. The van der Waals surface area contributed by atoms with Crippen LogP contribution in [0.25, 0.3) is 10.6 Å². The van der Waals surface area contributed by atoms with E-state index < -0.39 is 0 Å². The molecule has 27 heavy (non-hydrogen) atoms. The zero-order valence-corrected chi connectivity index (χ0v) is 15.7. The van der Waals surface area contributed by atoms with Crippen molar-refractivity contribution in [2.45, 2.75) is 26.4 Å². The summed E-state index contributed by atoms with van der Waals surface area (Å²) in [5.74, 6) is 0.214. The van der Waals surface area contributed by atoms with Crippen LogP contribution < -0.4 is 11.0 Å². The highest BCUT2D eigenvalue weighted by Gasteiger charge is 2.17. The van der Waals surface area contributed by atoms with Crippen molar-refractivity contribution in [2.75, 3.05) is 0 Å². The number of hydrogen-bond donors (Lipinski definition) is 1. The van der Waals surface area contributed by atoms with Gasteiger partial charge in [0.25, 0.3) is 0 Å². The Hall–Kier alpha value is -3.20. The summed E-state index contributed by atoms with van der Waals surface area (Å²) in [6.45, 7) is 3.48. The molecular weight excluding hydrogens is 364 g/mol. The lowest BCUT2D eigenvalue weighted by Gasteiger charge is -2.11. The fraction of sp³-hybridized carbons (Fsp3) is 0.222. The molecule has 138 valence electrons. The van der Waals surface area contributed by atoms with Crippen molar-refractivity contribution in [3.05, 3.63) is 70.1 Å². The molecule has 0 spiro atoms. The van der Waals surface area contributed by atoms with E-state index in [1.165, 1.54) is 20.6 Å². The molecule has 1 amide bonds. The van der Waals surface area contributed by atoms with E-state index in [4.69, 9.17) is 0 Å². The van der Waals surface area contributed by atoms with Gasteiger partial charge in [-0.05, 0) is 26.0 Å². The third-order valence-electron chi connectivity index (χ3n) is 4.28. The van der Waals surface area contributed by atoms with E-state index in [0.29, 0.717) is 11.5 Å². The minimum Gasteiger partial charge on any atom is -0.346 e. The lowest BCUT2D eigenvalue weighted by atomic mass is 10.2. The predicted molar refractivity (Wildman–Crippen MR) is 102 cm³/mol. The Bertz CT molecular complexity index is 1130. The Morgan fingerprint density at radius 1 is 1.30 bits per heavy atom. The predicted octanol–water partition coefficient (Wildman–Crippen LogP) is 1.93. The molecule has 0 radical (unpaired) electrons. The van der Waals surface area contributed by atoms with Crippen LogP contribution in [0.2, 0.25) is 0 Å². The second kappa shape index (κ2) is 6.84. The lowest BCUT2D eigenvalue weighted by molar-refractivity contribution is -0.122. The summed E-state index contributed by atoms with van der Waals surface area (Å²) in [6.07, 6.45) is 3.81. The maximum atomic E-state index is 12.6. The van der Waals surface area contributed by atoms with E-state index in [-0.39, 0.29) is 24.2 Å². The molecule has 1 N–H and O–H groups in total. The third kappa shape index (κ3) is 3.28. The summed E-state index contributed by atoms with van der Waals surface area (Å²) in [4.78, 5) is 30.5. The number of imidazole rings is 1. The van der Waals surface area contributed by atoms with Crippen LogP contribution >= 0.6 is 11.3 Å². The number of thiazole rings is 1. The number of carbonyl (C=O) groups excluding carboxylic acids is 1. The molecule has 0 saturated carbocycles. The van der Waals surface area contributed by atoms with Gasteiger partial charge in [0, 0.05) is 17.8 Å². The van der Waals surface area contributed by atoms with Gasteiger partial charge in [-0.2, -0.15) is 9.78 Å². The Balaban J connectivity index is 1.50. The van der Waals surface area contributed by atoms with Crippen molar-refractivity contribution in [2.24, 2.45) is 0 Å². The van der Waals surface area contributed by atoms with Crippen molar-refractivity contribution in [3.8, 4) is 5.69 Å². The van der Waals surface area contributed by atoms with Gasteiger partial charge in [-0.3, -0.25) is 13.8 Å². The number of aryl methyl sites for hydroxylation is 1. The van der Waals surface area contributed by atoms with Gasteiger partial charge in [-0.1, -0.05) is 18.2 Å². The summed E-state index contributed by atoms with van der Waals surface area (Å²) < 4.78 is 4.58. The molecule has 0 fully saturated rings. The molecule has 3 aromatic heterocycles. The van der Waals surface area contributed by atoms with Crippen LogP contribution in [0.5, 0.6) is 0 Å². The molecule has 0 unspecified atom stereocenters. The van der Waals surface area contributed by atoms with E-state index in [1.807, 2.05) is 47.3 Å². The maximum absolute atomic E-state index is 12.6. The first-order valence-electron chi connectivity index (χ1n) is 8.46. The first-order valence-corrected chi connectivity index (χ1v) is 9.34. The van der Waals surface area contributed by atoms with Crippen LogP contribution in [0.4, 0.5) is 0 Å². The van der Waals surface area contributed by atoms with Crippen molar-refractivity contribution >= 4 is 22.2 Å². The molecule has 1 aromatic carbocycles. The summed E-state index contributed by atoms with van der Waals surface area (Å²) >= 11 is 1.53. The SMILES string of the molecule is Cc1nn(-c2ccccc2)c(=O)n1CC(=O)N[C@H](C)c1cn2ccsc2n1. The van der Waals surface area contributed by atoms with Gasteiger partial charge in [-0.25, -0.2) is 9.78 Å². The van der Waals surface area contributed by atoms with E-state index in [1.54, 1.807) is 19.1 Å². The summed E-state index contributed by atoms with van der Waals surface area (Å²) in [5, 5.41) is 9.11. The van der Waals surface area contributed by atoms with Crippen LogP contribution in [0, 0.1) is 6.92 Å². The van der Waals surface area contributed by atoms with Crippen molar-refractivity contribution in [1.82, 2.24) is 29.0 Å². The highest BCUT2D eigenvalue weighted by molar-refractivity contribution is 7.15. The number of nitrogens with one attached hydrogen (secondary N) is 1. The normalized spacial score (nSPS) is 12.4. The molecule has 9 heteroatoms. The Morgan fingerprint density at radius 3 is 2.81 bits per heavy atom. The van der Waals surface area contributed by atoms with Crippen molar-refractivity contribution in [3.63, 3.8) is 0 Å². The molecule has 4 rings (SSSR count). The molecule has 1 atom stereocenters. The fourth-order valence-corrected chi connectivity index (χ4v) is 3.58. The zero-order valence-electron chi connectivity index (χ0n) is 14.9. The fourth-order valence-electron chi connectivity index (χ4n) is 2.87. The molecule has 8 nitrogen and oxygen atoms in total.